The molecule has 0 aromatic heterocycles. The normalized spacial score (nSPS) is 26.1. The van der Waals surface area contributed by atoms with Crippen molar-refractivity contribution in [1.29, 1.82) is 0 Å². The third-order valence-corrected chi connectivity index (χ3v) is 5.22. The Hall–Kier alpha value is -0.960. The number of aryl methyl sites for hydroxylation is 1. The number of hydrogen-bond donors (Lipinski definition) is 0. The zero-order chi connectivity index (χ0) is 13.3. The molecule has 0 bridgehead atoms. The highest BCUT2D eigenvalue weighted by atomic mass is 31.2. The molecule has 4 nitrogen and oxygen atoms in total. The average Bonchev–Trinajstić information content (AvgIpc) is 2.53. The number of rotatable bonds is 4. The molecule has 0 saturated carbocycles. The first-order valence-electron chi connectivity index (χ1n) is 6.00. The fraction of sp³-hybridized carbons (Fsp3) is 0.462. The van der Waals surface area contributed by atoms with Crippen molar-refractivity contribution in [1.82, 2.24) is 0 Å². The number of ketones is 1. The summed E-state index contributed by atoms with van der Waals surface area (Å²) in [6.45, 7) is 5.48. The molecule has 0 radical (unpaired) electrons. The molecule has 0 N–H and O–H groups in total. The number of fused-ring (bicyclic) bond motifs is 1. The number of benzene rings is 1. The van der Waals surface area contributed by atoms with Gasteiger partial charge < -0.3 is 4.52 Å². The molecule has 0 saturated heterocycles. The average molecular weight is 268 g/mol. The van der Waals surface area contributed by atoms with Crippen molar-refractivity contribution in [2.24, 2.45) is 0 Å². The monoisotopic (exact) mass is 268 g/mol. The lowest BCUT2D eigenvalue weighted by Gasteiger charge is -2.13. The molecule has 2 unspecified atom stereocenters. The van der Waals surface area contributed by atoms with Crippen LogP contribution in [0.1, 0.15) is 37.5 Å². The highest BCUT2D eigenvalue weighted by Crippen LogP contribution is 2.58. The molecule has 1 aromatic carbocycles. The second-order valence-electron chi connectivity index (χ2n) is 4.43. The van der Waals surface area contributed by atoms with Crippen LogP contribution in [0.2, 0.25) is 0 Å². The van der Waals surface area contributed by atoms with Gasteiger partial charge in [0.2, 0.25) is 0 Å². The number of Topliss-reactive ketones (excluding diaryl/α,β-unsaturated/α-hetero) is 1. The van der Waals surface area contributed by atoms with E-state index in [0.717, 1.165) is 11.1 Å². The summed E-state index contributed by atoms with van der Waals surface area (Å²) in [7, 11) is -3.26. The van der Waals surface area contributed by atoms with E-state index in [9.17, 15) is 9.36 Å². The molecule has 1 aliphatic rings. The Kier molecular flexibility index (Phi) is 3.71. The Morgan fingerprint density at radius 1 is 1.50 bits per heavy atom. The lowest BCUT2D eigenvalue weighted by atomic mass is 10.0. The zero-order valence-corrected chi connectivity index (χ0v) is 11.7. The summed E-state index contributed by atoms with van der Waals surface area (Å²) in [5, 5.41) is 0.637. The van der Waals surface area contributed by atoms with E-state index >= 15 is 0 Å². The van der Waals surface area contributed by atoms with Crippen molar-refractivity contribution < 1.29 is 18.4 Å². The highest BCUT2D eigenvalue weighted by molar-refractivity contribution is 7.62. The van der Waals surface area contributed by atoms with Crippen LogP contribution in [0.4, 0.5) is 0 Å². The van der Waals surface area contributed by atoms with Crippen LogP contribution >= 0.6 is 7.60 Å². The van der Waals surface area contributed by atoms with Crippen LogP contribution in [-0.4, -0.2) is 12.4 Å². The number of carbonyl (C=O) groups excluding carboxylic acids is 1. The van der Waals surface area contributed by atoms with Gasteiger partial charge in [0.05, 0.1) is 11.9 Å². The fourth-order valence-electron chi connectivity index (χ4n) is 2.27. The van der Waals surface area contributed by atoms with Gasteiger partial charge in [0.25, 0.3) is 0 Å². The molecule has 5 heteroatoms. The Morgan fingerprint density at radius 2 is 2.22 bits per heavy atom. The topological polar surface area (TPSA) is 52.6 Å². The SMILES string of the molecule is CCOP1(=O)OC(CC(C)=O)c2cccc(C)c21. The fourth-order valence-corrected chi connectivity index (χ4v) is 4.47. The summed E-state index contributed by atoms with van der Waals surface area (Å²) in [5.74, 6) is 0.0115. The lowest BCUT2D eigenvalue weighted by molar-refractivity contribution is -0.118. The molecule has 1 aromatic rings. The third kappa shape index (κ3) is 2.28. The minimum Gasteiger partial charge on any atom is -0.305 e. The molecule has 2 atom stereocenters. The predicted octanol–water partition coefficient (Wildman–Crippen LogP) is 2.90. The van der Waals surface area contributed by atoms with Crippen molar-refractivity contribution >= 4 is 18.7 Å². The molecule has 0 aliphatic carbocycles. The molecule has 98 valence electrons. The van der Waals surface area contributed by atoms with E-state index in [-0.39, 0.29) is 12.2 Å². The van der Waals surface area contributed by atoms with Gasteiger partial charge in [-0.1, -0.05) is 18.2 Å². The van der Waals surface area contributed by atoms with Gasteiger partial charge in [0, 0.05) is 6.42 Å². The van der Waals surface area contributed by atoms with Crippen molar-refractivity contribution in [2.75, 3.05) is 6.61 Å². The van der Waals surface area contributed by atoms with E-state index in [2.05, 4.69) is 0 Å². The van der Waals surface area contributed by atoms with E-state index in [1.165, 1.54) is 6.92 Å². The van der Waals surface area contributed by atoms with Gasteiger partial charge >= 0.3 is 7.60 Å². The van der Waals surface area contributed by atoms with E-state index < -0.39 is 13.7 Å². The van der Waals surface area contributed by atoms with Gasteiger partial charge in [-0.15, -0.1) is 0 Å². The molecule has 18 heavy (non-hydrogen) atoms. The Labute approximate surface area is 107 Å². The first-order valence-corrected chi connectivity index (χ1v) is 7.54. The first kappa shape index (κ1) is 13.5. The van der Waals surface area contributed by atoms with Crippen LogP contribution in [0.25, 0.3) is 0 Å². The second kappa shape index (κ2) is 4.96. The van der Waals surface area contributed by atoms with E-state index in [0.29, 0.717) is 11.9 Å². The van der Waals surface area contributed by atoms with Gasteiger partial charge in [-0.05, 0) is 31.9 Å². The van der Waals surface area contributed by atoms with Gasteiger partial charge in [-0.25, -0.2) is 0 Å². The molecule has 1 heterocycles. The Morgan fingerprint density at radius 3 is 2.83 bits per heavy atom. The minimum atomic E-state index is -3.26. The first-order chi connectivity index (χ1) is 8.48. The second-order valence-corrected chi connectivity index (χ2v) is 6.34. The number of carbonyl (C=O) groups is 1. The summed E-state index contributed by atoms with van der Waals surface area (Å²) < 4.78 is 23.6. The summed E-state index contributed by atoms with van der Waals surface area (Å²) in [6.07, 6.45) is -0.220. The van der Waals surface area contributed by atoms with Gasteiger partial charge in [-0.2, -0.15) is 0 Å². The molecule has 2 rings (SSSR count). The van der Waals surface area contributed by atoms with Gasteiger partial charge in [0.1, 0.15) is 11.9 Å². The molecular weight excluding hydrogens is 251 g/mol. The molecular formula is C13H17O4P. The van der Waals surface area contributed by atoms with Crippen molar-refractivity contribution in [3.63, 3.8) is 0 Å². The van der Waals surface area contributed by atoms with Crippen LogP contribution in [0, 0.1) is 6.92 Å². The lowest BCUT2D eigenvalue weighted by Crippen LogP contribution is -2.10. The smallest absolute Gasteiger partial charge is 0.305 e. The molecule has 0 amide bonds. The van der Waals surface area contributed by atoms with Crippen LogP contribution in [0.5, 0.6) is 0 Å². The Bertz CT molecular complexity index is 524. The molecule has 0 fully saturated rings. The van der Waals surface area contributed by atoms with Crippen LogP contribution in [0.3, 0.4) is 0 Å². The minimum absolute atomic E-state index is 0.0115. The van der Waals surface area contributed by atoms with Crippen molar-refractivity contribution in [2.45, 2.75) is 33.3 Å². The largest absolute Gasteiger partial charge is 0.362 e. The molecule has 0 spiro atoms. The van der Waals surface area contributed by atoms with Crippen molar-refractivity contribution in [3.05, 3.63) is 29.3 Å². The van der Waals surface area contributed by atoms with E-state index in [1.54, 1.807) is 6.92 Å². The van der Waals surface area contributed by atoms with E-state index in [1.807, 2.05) is 25.1 Å². The zero-order valence-electron chi connectivity index (χ0n) is 10.8. The predicted molar refractivity (Wildman–Crippen MR) is 69.2 cm³/mol. The highest BCUT2D eigenvalue weighted by Gasteiger charge is 2.43. The van der Waals surface area contributed by atoms with Gasteiger partial charge in [-0.3, -0.25) is 13.9 Å². The van der Waals surface area contributed by atoms with Gasteiger partial charge in [0.15, 0.2) is 0 Å². The van der Waals surface area contributed by atoms with Crippen molar-refractivity contribution in [3.8, 4) is 0 Å². The third-order valence-electron chi connectivity index (χ3n) is 2.93. The summed E-state index contributed by atoms with van der Waals surface area (Å²) >= 11 is 0. The standard InChI is InChI=1S/C13H17O4P/c1-4-16-18(15)13-9(2)6-5-7-11(13)12(17-18)8-10(3)14/h5-7,12H,4,8H2,1-3H3. The molecule has 1 aliphatic heterocycles. The maximum Gasteiger partial charge on any atom is 0.362 e. The summed E-state index contributed by atoms with van der Waals surface area (Å²) in [5.41, 5.74) is 1.71. The van der Waals surface area contributed by atoms with Crippen LogP contribution < -0.4 is 5.30 Å². The van der Waals surface area contributed by atoms with Crippen LogP contribution in [0.15, 0.2) is 18.2 Å². The maximum atomic E-state index is 12.7. The number of hydrogen-bond acceptors (Lipinski definition) is 4. The quantitative estimate of drug-likeness (QED) is 0.788. The maximum absolute atomic E-state index is 12.7. The van der Waals surface area contributed by atoms with Crippen LogP contribution in [-0.2, 0) is 18.4 Å². The van der Waals surface area contributed by atoms with E-state index in [4.69, 9.17) is 9.05 Å². The summed E-state index contributed by atoms with van der Waals surface area (Å²) in [6, 6.07) is 5.62. The Balaban J connectivity index is 2.49. The summed E-state index contributed by atoms with van der Waals surface area (Å²) in [4.78, 5) is 11.3.